The van der Waals surface area contributed by atoms with E-state index in [0.29, 0.717) is 32.9 Å². The summed E-state index contributed by atoms with van der Waals surface area (Å²) in [5, 5.41) is 6.08. The van der Waals surface area contributed by atoms with Gasteiger partial charge in [-0.25, -0.2) is 4.79 Å². The predicted molar refractivity (Wildman–Crippen MR) is 164 cm³/mol. The Bertz CT molecular complexity index is 1190. The van der Waals surface area contributed by atoms with E-state index in [9.17, 15) is 9.59 Å². The number of amides is 1. The van der Waals surface area contributed by atoms with Crippen LogP contribution in [0.4, 0.5) is 5.69 Å². The summed E-state index contributed by atoms with van der Waals surface area (Å²) in [7, 11) is 3.34. The summed E-state index contributed by atoms with van der Waals surface area (Å²) in [5.74, 6) is 0.286. The van der Waals surface area contributed by atoms with Crippen molar-refractivity contribution < 1.29 is 33.3 Å². The van der Waals surface area contributed by atoms with Gasteiger partial charge in [0, 0.05) is 39.3 Å². The van der Waals surface area contributed by atoms with E-state index in [1.807, 2.05) is 50.2 Å². The van der Waals surface area contributed by atoms with Gasteiger partial charge in [0.1, 0.15) is 30.3 Å². The Kier molecular flexibility index (Phi) is 12.0. The molecule has 0 bridgehead atoms. The smallest absolute Gasteiger partial charge is 0.329 e. The monoisotopic (exact) mass is 598 g/mol. The van der Waals surface area contributed by atoms with Crippen LogP contribution in [0.25, 0.3) is 0 Å². The average Bonchev–Trinajstić information content (AvgIpc) is 3.02. The van der Waals surface area contributed by atoms with Crippen molar-refractivity contribution in [3.05, 3.63) is 53.6 Å². The third kappa shape index (κ3) is 8.60. The standard InChI is InChI=1S/C32H46N4O7/c1-21(2)31(35-29(37)17-33)32(38)43-28-19-34-18-27(30(28)23-7-9-24(40-4)10-8-23)42-20-22-6-11-26-25(16-22)36(13-15-41-26)12-5-14-39-3/h6-11,16,21,27-28,30-31,34H,5,12-15,17-20,33H2,1-4H3,(H,35,37)/t27-,28+,30+,31-/m0/s1. The number of esters is 1. The number of nitrogens with two attached hydrogens (primary N) is 1. The second-order valence-corrected chi connectivity index (χ2v) is 11.3. The fourth-order valence-electron chi connectivity index (χ4n) is 5.59. The lowest BCUT2D eigenvalue weighted by Crippen LogP contribution is -2.54. The van der Waals surface area contributed by atoms with E-state index in [2.05, 4.69) is 21.6 Å². The summed E-state index contributed by atoms with van der Waals surface area (Å²) in [6.07, 6.45) is 0.117. The zero-order valence-electron chi connectivity index (χ0n) is 25.7. The molecular weight excluding hydrogens is 552 g/mol. The van der Waals surface area contributed by atoms with Crippen molar-refractivity contribution in [2.24, 2.45) is 11.7 Å². The Labute approximate surface area is 254 Å². The molecule has 1 fully saturated rings. The second kappa shape index (κ2) is 15.9. The van der Waals surface area contributed by atoms with Gasteiger partial charge in [-0.2, -0.15) is 0 Å². The van der Waals surface area contributed by atoms with Crippen LogP contribution in [0.5, 0.6) is 11.5 Å². The van der Waals surface area contributed by atoms with Gasteiger partial charge in [-0.05, 0) is 47.7 Å². The van der Waals surface area contributed by atoms with Crippen LogP contribution in [0.1, 0.15) is 37.3 Å². The molecule has 0 spiro atoms. The van der Waals surface area contributed by atoms with Crippen molar-refractivity contribution in [1.82, 2.24) is 10.6 Å². The minimum absolute atomic E-state index is 0.173. The van der Waals surface area contributed by atoms with E-state index in [1.165, 1.54) is 0 Å². The summed E-state index contributed by atoms with van der Waals surface area (Å²) >= 11 is 0. The quantitative estimate of drug-likeness (QED) is 0.220. The van der Waals surface area contributed by atoms with Gasteiger partial charge in [-0.1, -0.05) is 32.0 Å². The molecule has 0 aliphatic carbocycles. The molecular formula is C32H46N4O7. The highest BCUT2D eigenvalue weighted by atomic mass is 16.6. The number of anilines is 1. The number of carbonyl (C=O) groups excluding carboxylic acids is 2. The second-order valence-electron chi connectivity index (χ2n) is 11.3. The van der Waals surface area contributed by atoms with E-state index in [1.54, 1.807) is 14.2 Å². The van der Waals surface area contributed by atoms with Gasteiger partial charge in [0.05, 0.1) is 38.6 Å². The van der Waals surface area contributed by atoms with Crippen LogP contribution >= 0.6 is 0 Å². The van der Waals surface area contributed by atoms with Crippen molar-refractivity contribution in [3.63, 3.8) is 0 Å². The molecule has 2 aromatic carbocycles. The Morgan fingerprint density at radius 3 is 2.58 bits per heavy atom. The number of rotatable bonds is 14. The van der Waals surface area contributed by atoms with Gasteiger partial charge in [0.25, 0.3) is 0 Å². The molecule has 236 valence electrons. The molecule has 2 aliphatic rings. The molecule has 11 heteroatoms. The zero-order chi connectivity index (χ0) is 30.8. The molecule has 0 radical (unpaired) electrons. The Morgan fingerprint density at radius 2 is 1.88 bits per heavy atom. The van der Waals surface area contributed by atoms with Crippen molar-refractivity contribution >= 4 is 17.6 Å². The predicted octanol–water partition coefficient (Wildman–Crippen LogP) is 2.21. The zero-order valence-corrected chi connectivity index (χ0v) is 25.7. The fraction of sp³-hybridized carbons (Fsp3) is 0.562. The molecule has 0 saturated carbocycles. The number of carbonyl (C=O) groups is 2. The van der Waals surface area contributed by atoms with Crippen LogP contribution in [0.2, 0.25) is 0 Å². The van der Waals surface area contributed by atoms with Crippen LogP contribution < -0.4 is 30.7 Å². The largest absolute Gasteiger partial charge is 0.497 e. The lowest BCUT2D eigenvalue weighted by atomic mass is 9.85. The summed E-state index contributed by atoms with van der Waals surface area (Å²) in [6.45, 7) is 7.99. The first-order valence-electron chi connectivity index (χ1n) is 15.0. The summed E-state index contributed by atoms with van der Waals surface area (Å²) in [4.78, 5) is 27.7. The molecule has 0 aromatic heterocycles. The SMILES string of the molecule is COCCCN1CCOc2ccc(CO[C@H]3CNC[C@@H](OC(=O)[C@@H](NC(=O)CN)C(C)C)[C@@H]3c3ccc(OC)cc3)cc21. The van der Waals surface area contributed by atoms with Gasteiger partial charge < -0.3 is 45.0 Å². The average molecular weight is 599 g/mol. The summed E-state index contributed by atoms with van der Waals surface area (Å²) in [6, 6.07) is 13.1. The van der Waals surface area contributed by atoms with Crippen molar-refractivity contribution in [2.45, 2.75) is 51.0 Å². The number of hydrogen-bond donors (Lipinski definition) is 3. The van der Waals surface area contributed by atoms with Crippen LogP contribution in [0, 0.1) is 5.92 Å². The molecule has 11 nitrogen and oxygen atoms in total. The first kappa shape index (κ1) is 32.5. The van der Waals surface area contributed by atoms with Crippen molar-refractivity contribution in [2.75, 3.05) is 65.1 Å². The molecule has 4 atom stereocenters. The minimum Gasteiger partial charge on any atom is -0.497 e. The molecule has 2 heterocycles. The van der Waals surface area contributed by atoms with Crippen LogP contribution in [0.15, 0.2) is 42.5 Å². The van der Waals surface area contributed by atoms with Crippen LogP contribution in [-0.2, 0) is 30.4 Å². The first-order chi connectivity index (χ1) is 20.8. The first-order valence-corrected chi connectivity index (χ1v) is 15.0. The highest BCUT2D eigenvalue weighted by Crippen LogP contribution is 2.35. The lowest BCUT2D eigenvalue weighted by molar-refractivity contribution is -0.159. The van der Waals surface area contributed by atoms with Crippen molar-refractivity contribution in [1.29, 1.82) is 0 Å². The Morgan fingerprint density at radius 1 is 1.12 bits per heavy atom. The fourth-order valence-corrected chi connectivity index (χ4v) is 5.59. The molecule has 43 heavy (non-hydrogen) atoms. The third-order valence-corrected chi connectivity index (χ3v) is 7.91. The molecule has 0 unspecified atom stereocenters. The number of benzene rings is 2. The molecule has 4 rings (SSSR count). The van der Waals surface area contributed by atoms with Gasteiger partial charge >= 0.3 is 5.97 Å². The number of nitrogens with zero attached hydrogens (tertiary/aromatic N) is 1. The van der Waals surface area contributed by atoms with Gasteiger partial charge in [0.15, 0.2) is 0 Å². The number of ether oxygens (including phenoxy) is 5. The lowest BCUT2D eigenvalue weighted by Gasteiger charge is -2.39. The normalized spacial score (nSPS) is 20.6. The third-order valence-electron chi connectivity index (χ3n) is 7.91. The molecule has 1 saturated heterocycles. The van der Waals surface area contributed by atoms with Crippen LogP contribution in [-0.4, -0.2) is 90.3 Å². The van der Waals surface area contributed by atoms with Crippen LogP contribution in [0.3, 0.4) is 0 Å². The topological polar surface area (TPSA) is 134 Å². The molecule has 2 aliphatic heterocycles. The van der Waals surface area contributed by atoms with Gasteiger partial charge in [-0.15, -0.1) is 0 Å². The number of fused-ring (bicyclic) bond motifs is 1. The van der Waals surface area contributed by atoms with E-state index in [4.69, 9.17) is 29.4 Å². The number of nitrogens with one attached hydrogen (secondary N) is 2. The number of hydrogen-bond acceptors (Lipinski definition) is 10. The maximum Gasteiger partial charge on any atom is 0.329 e. The highest BCUT2D eigenvalue weighted by molar-refractivity contribution is 5.85. The molecule has 4 N–H and O–H groups in total. The Balaban J connectivity index is 1.53. The summed E-state index contributed by atoms with van der Waals surface area (Å²) in [5.41, 5.74) is 8.54. The Hall–Kier alpha value is -3.38. The van der Waals surface area contributed by atoms with Gasteiger partial charge in [0.2, 0.25) is 5.91 Å². The van der Waals surface area contributed by atoms with Gasteiger partial charge in [-0.3, -0.25) is 4.79 Å². The van der Waals surface area contributed by atoms with E-state index >= 15 is 0 Å². The number of piperidine rings is 1. The molecule has 2 aromatic rings. The number of methoxy groups -OCH3 is 2. The van der Waals surface area contributed by atoms with Crippen molar-refractivity contribution in [3.8, 4) is 11.5 Å². The van der Waals surface area contributed by atoms with E-state index in [-0.39, 0.29) is 24.5 Å². The molecule has 1 amide bonds. The maximum atomic E-state index is 13.3. The summed E-state index contributed by atoms with van der Waals surface area (Å²) < 4.78 is 29.2. The van der Waals surface area contributed by atoms with E-state index in [0.717, 1.165) is 47.8 Å². The minimum atomic E-state index is -0.807. The maximum absolute atomic E-state index is 13.3. The highest BCUT2D eigenvalue weighted by Gasteiger charge is 2.39. The van der Waals surface area contributed by atoms with E-state index < -0.39 is 24.0 Å².